The Morgan fingerprint density at radius 3 is 2.32 bits per heavy atom. The molecule has 3 heteroatoms. The number of likely N-dealkylation sites (N-methyl/N-ethyl adjacent to an activating group) is 1. The van der Waals surface area contributed by atoms with Crippen LogP contribution < -0.4 is 0 Å². The van der Waals surface area contributed by atoms with E-state index in [0.717, 1.165) is 38.3 Å². The molecule has 0 aliphatic rings. The minimum atomic E-state index is 0.0914. The van der Waals surface area contributed by atoms with Gasteiger partial charge in [0.1, 0.15) is 0 Å². The first-order valence-corrected chi connectivity index (χ1v) is 8.41. The molecular formula is C19H35NO2. The summed E-state index contributed by atoms with van der Waals surface area (Å²) in [5.74, 6) is 0.582. The standard InChI is InChI=1S/C19H35NO2/c1-8-20(9-2)18(21)13-16(3)11-10-12-17(4)14-22-15-19(5,6)7/h10-11,13,17H,8-9,12,14-15H2,1-7H3. The smallest absolute Gasteiger partial charge is 0.246 e. The SMILES string of the molecule is CCN(CC)C(=O)C=C(C)C=CCC(C)COCC(C)(C)C. The summed E-state index contributed by atoms with van der Waals surface area (Å²) in [6.45, 7) is 17.8. The molecule has 0 aromatic heterocycles. The van der Waals surface area contributed by atoms with Crippen LogP contribution in [0.15, 0.2) is 23.8 Å². The summed E-state index contributed by atoms with van der Waals surface area (Å²) < 4.78 is 5.73. The molecule has 22 heavy (non-hydrogen) atoms. The first kappa shape index (κ1) is 20.9. The van der Waals surface area contributed by atoms with Gasteiger partial charge in [0.2, 0.25) is 5.91 Å². The van der Waals surface area contributed by atoms with Crippen molar-refractivity contribution in [3.05, 3.63) is 23.8 Å². The van der Waals surface area contributed by atoms with Gasteiger partial charge in [0.05, 0.1) is 6.61 Å². The Kier molecular flexibility index (Phi) is 10.1. The molecule has 1 amide bonds. The van der Waals surface area contributed by atoms with Crippen molar-refractivity contribution >= 4 is 5.91 Å². The van der Waals surface area contributed by atoms with Gasteiger partial charge in [-0.15, -0.1) is 0 Å². The lowest BCUT2D eigenvalue weighted by Gasteiger charge is -2.19. The highest BCUT2D eigenvalue weighted by Crippen LogP contribution is 2.14. The molecule has 3 nitrogen and oxygen atoms in total. The number of amides is 1. The van der Waals surface area contributed by atoms with E-state index in [0.29, 0.717) is 5.92 Å². The van der Waals surface area contributed by atoms with Crippen LogP contribution in [0.5, 0.6) is 0 Å². The average Bonchev–Trinajstić information content (AvgIpc) is 2.38. The molecule has 0 aromatic carbocycles. The van der Waals surface area contributed by atoms with Crippen molar-refractivity contribution < 1.29 is 9.53 Å². The molecule has 1 atom stereocenters. The van der Waals surface area contributed by atoms with E-state index in [4.69, 9.17) is 4.74 Å². The third-order valence-electron chi connectivity index (χ3n) is 3.28. The van der Waals surface area contributed by atoms with E-state index in [-0.39, 0.29) is 11.3 Å². The van der Waals surface area contributed by atoms with E-state index >= 15 is 0 Å². The molecule has 1 unspecified atom stereocenters. The highest BCUT2D eigenvalue weighted by molar-refractivity contribution is 5.88. The Hall–Kier alpha value is -1.09. The van der Waals surface area contributed by atoms with E-state index in [1.807, 2.05) is 31.7 Å². The molecule has 0 N–H and O–H groups in total. The van der Waals surface area contributed by atoms with Crippen LogP contribution >= 0.6 is 0 Å². The Balaban J connectivity index is 4.17. The van der Waals surface area contributed by atoms with Gasteiger partial charge in [-0.05, 0) is 44.1 Å². The summed E-state index contributed by atoms with van der Waals surface area (Å²) in [5, 5.41) is 0. The zero-order chi connectivity index (χ0) is 17.2. The van der Waals surface area contributed by atoms with Gasteiger partial charge in [0, 0.05) is 25.8 Å². The topological polar surface area (TPSA) is 29.5 Å². The Labute approximate surface area is 137 Å². The number of carbonyl (C=O) groups is 1. The van der Waals surface area contributed by atoms with Gasteiger partial charge in [-0.1, -0.05) is 39.8 Å². The van der Waals surface area contributed by atoms with E-state index in [1.165, 1.54) is 0 Å². The first-order valence-electron chi connectivity index (χ1n) is 8.41. The van der Waals surface area contributed by atoms with E-state index in [9.17, 15) is 4.79 Å². The van der Waals surface area contributed by atoms with Crippen molar-refractivity contribution in [2.45, 2.75) is 54.9 Å². The van der Waals surface area contributed by atoms with Crippen LogP contribution in [0, 0.1) is 11.3 Å². The molecule has 0 aromatic rings. The molecule has 0 heterocycles. The molecule has 0 saturated heterocycles. The summed E-state index contributed by atoms with van der Waals surface area (Å²) >= 11 is 0. The lowest BCUT2D eigenvalue weighted by Crippen LogP contribution is -2.28. The van der Waals surface area contributed by atoms with Crippen molar-refractivity contribution in [2.24, 2.45) is 11.3 Å². The number of rotatable bonds is 9. The fourth-order valence-corrected chi connectivity index (χ4v) is 1.99. The van der Waals surface area contributed by atoms with Crippen molar-refractivity contribution in [2.75, 3.05) is 26.3 Å². The highest BCUT2D eigenvalue weighted by Gasteiger charge is 2.11. The summed E-state index contributed by atoms with van der Waals surface area (Å²) in [6, 6.07) is 0. The van der Waals surface area contributed by atoms with Crippen molar-refractivity contribution in [3.63, 3.8) is 0 Å². The summed E-state index contributed by atoms with van der Waals surface area (Å²) in [4.78, 5) is 13.8. The fourth-order valence-electron chi connectivity index (χ4n) is 1.99. The molecule has 0 fully saturated rings. The molecule has 0 bridgehead atoms. The van der Waals surface area contributed by atoms with Gasteiger partial charge < -0.3 is 9.64 Å². The monoisotopic (exact) mass is 309 g/mol. The maximum absolute atomic E-state index is 11.9. The van der Waals surface area contributed by atoms with Gasteiger partial charge in [-0.3, -0.25) is 4.79 Å². The predicted octanol–water partition coefficient (Wildman–Crippen LogP) is 4.45. The molecule has 128 valence electrons. The van der Waals surface area contributed by atoms with Gasteiger partial charge in [-0.2, -0.15) is 0 Å². The second-order valence-electron chi connectivity index (χ2n) is 7.22. The second kappa shape index (κ2) is 10.6. The van der Waals surface area contributed by atoms with Crippen molar-refractivity contribution in [3.8, 4) is 0 Å². The molecule has 0 aliphatic carbocycles. The predicted molar refractivity (Wildman–Crippen MR) is 94.9 cm³/mol. The molecule has 0 aliphatic heterocycles. The zero-order valence-corrected chi connectivity index (χ0v) is 15.6. The maximum atomic E-state index is 11.9. The fraction of sp³-hybridized carbons (Fsp3) is 0.737. The number of carbonyl (C=O) groups excluding carboxylic acids is 1. The van der Waals surface area contributed by atoms with E-state index in [1.54, 1.807) is 6.08 Å². The Morgan fingerprint density at radius 1 is 1.23 bits per heavy atom. The lowest BCUT2D eigenvalue weighted by atomic mass is 9.98. The van der Waals surface area contributed by atoms with E-state index in [2.05, 4.69) is 33.8 Å². The van der Waals surface area contributed by atoms with Crippen LogP contribution in [-0.2, 0) is 9.53 Å². The van der Waals surface area contributed by atoms with Crippen LogP contribution in [0.1, 0.15) is 54.9 Å². The number of allylic oxidation sites excluding steroid dienone is 3. The third-order valence-corrected chi connectivity index (χ3v) is 3.28. The van der Waals surface area contributed by atoms with Crippen molar-refractivity contribution in [1.82, 2.24) is 4.90 Å². The number of hydrogen-bond donors (Lipinski definition) is 0. The normalized spacial score (nSPS) is 14.4. The van der Waals surface area contributed by atoms with Gasteiger partial charge in [0.25, 0.3) is 0 Å². The van der Waals surface area contributed by atoms with Crippen molar-refractivity contribution in [1.29, 1.82) is 0 Å². The number of hydrogen-bond acceptors (Lipinski definition) is 2. The lowest BCUT2D eigenvalue weighted by molar-refractivity contribution is -0.125. The summed E-state index contributed by atoms with van der Waals surface area (Å²) in [5.41, 5.74) is 1.22. The minimum Gasteiger partial charge on any atom is -0.381 e. The molecule has 0 spiro atoms. The third kappa shape index (κ3) is 10.6. The Morgan fingerprint density at radius 2 is 1.82 bits per heavy atom. The minimum absolute atomic E-state index is 0.0914. The molecule has 0 radical (unpaired) electrons. The largest absolute Gasteiger partial charge is 0.381 e. The zero-order valence-electron chi connectivity index (χ0n) is 15.6. The number of nitrogens with zero attached hydrogens (tertiary/aromatic N) is 1. The quantitative estimate of drug-likeness (QED) is 0.465. The maximum Gasteiger partial charge on any atom is 0.246 e. The summed E-state index contributed by atoms with van der Waals surface area (Å²) in [7, 11) is 0. The van der Waals surface area contributed by atoms with Gasteiger partial charge in [-0.25, -0.2) is 0 Å². The van der Waals surface area contributed by atoms with E-state index < -0.39 is 0 Å². The molecule has 0 saturated carbocycles. The Bertz CT molecular complexity index is 373. The summed E-state index contributed by atoms with van der Waals surface area (Å²) in [6.07, 6.45) is 6.84. The van der Waals surface area contributed by atoms with Crippen LogP contribution in [0.4, 0.5) is 0 Å². The highest BCUT2D eigenvalue weighted by atomic mass is 16.5. The van der Waals surface area contributed by atoms with Crippen LogP contribution in [0.25, 0.3) is 0 Å². The second-order valence-corrected chi connectivity index (χ2v) is 7.22. The van der Waals surface area contributed by atoms with Gasteiger partial charge in [0.15, 0.2) is 0 Å². The number of ether oxygens (including phenoxy) is 1. The first-order chi connectivity index (χ1) is 10.2. The van der Waals surface area contributed by atoms with Gasteiger partial charge >= 0.3 is 0 Å². The van der Waals surface area contributed by atoms with Crippen LogP contribution in [-0.4, -0.2) is 37.1 Å². The van der Waals surface area contributed by atoms with Crippen LogP contribution in [0.2, 0.25) is 0 Å². The molecular weight excluding hydrogens is 274 g/mol. The van der Waals surface area contributed by atoms with Crippen LogP contribution in [0.3, 0.4) is 0 Å². The average molecular weight is 309 g/mol. The molecule has 0 rings (SSSR count).